The highest BCUT2D eigenvalue weighted by atomic mass is 35.5. The van der Waals surface area contributed by atoms with Crippen molar-refractivity contribution in [2.45, 2.75) is 13.0 Å². The Morgan fingerprint density at radius 1 is 1.16 bits per heavy atom. The number of anilines is 1. The lowest BCUT2D eigenvalue weighted by Crippen LogP contribution is -2.34. The largest absolute Gasteiger partial charge is 0.341 e. The van der Waals surface area contributed by atoms with Crippen molar-refractivity contribution >= 4 is 40.7 Å². The third-order valence-electron chi connectivity index (χ3n) is 4.33. The zero-order valence-electron chi connectivity index (χ0n) is 13.8. The normalized spacial score (nSPS) is 17.0. The standard InChI is InChI=1S/C19H18Cl2N2O2/c1-22(11-13-6-8-15(20)9-7-13)19(25)14-10-18(24)23(12-14)17-5-3-2-4-16(17)21/h2-9,14H,10-12H2,1H3. The van der Waals surface area contributed by atoms with E-state index in [2.05, 4.69) is 0 Å². The molecular formula is C19H18Cl2N2O2. The lowest BCUT2D eigenvalue weighted by molar-refractivity contribution is -0.135. The number of halogens is 2. The summed E-state index contributed by atoms with van der Waals surface area (Å²) in [6, 6.07) is 14.6. The molecule has 0 aliphatic carbocycles. The summed E-state index contributed by atoms with van der Waals surface area (Å²) in [5, 5.41) is 1.17. The van der Waals surface area contributed by atoms with Crippen LogP contribution in [0.4, 0.5) is 5.69 Å². The van der Waals surface area contributed by atoms with Gasteiger partial charge in [0, 0.05) is 31.6 Å². The van der Waals surface area contributed by atoms with Gasteiger partial charge < -0.3 is 9.80 Å². The van der Waals surface area contributed by atoms with Crippen LogP contribution < -0.4 is 4.90 Å². The zero-order valence-corrected chi connectivity index (χ0v) is 15.3. The summed E-state index contributed by atoms with van der Waals surface area (Å²) in [4.78, 5) is 28.3. The molecule has 0 bridgehead atoms. The van der Waals surface area contributed by atoms with Crippen molar-refractivity contribution in [1.29, 1.82) is 0 Å². The summed E-state index contributed by atoms with van der Waals surface area (Å²) in [5.74, 6) is -0.481. The van der Waals surface area contributed by atoms with Crippen LogP contribution in [0.2, 0.25) is 10.0 Å². The first-order valence-corrected chi connectivity index (χ1v) is 8.75. The molecule has 130 valence electrons. The van der Waals surface area contributed by atoms with Crippen LogP contribution in [0.1, 0.15) is 12.0 Å². The molecule has 2 aromatic carbocycles. The van der Waals surface area contributed by atoms with Gasteiger partial charge in [-0.1, -0.05) is 47.5 Å². The number of carbonyl (C=O) groups is 2. The van der Waals surface area contributed by atoms with E-state index in [1.54, 1.807) is 41.1 Å². The second-order valence-corrected chi connectivity index (χ2v) is 7.02. The van der Waals surface area contributed by atoms with Crippen molar-refractivity contribution in [3.8, 4) is 0 Å². The van der Waals surface area contributed by atoms with Gasteiger partial charge in [0.05, 0.1) is 16.6 Å². The van der Waals surface area contributed by atoms with Gasteiger partial charge in [0.25, 0.3) is 0 Å². The fourth-order valence-corrected chi connectivity index (χ4v) is 3.39. The molecule has 1 unspecified atom stereocenters. The van der Waals surface area contributed by atoms with Crippen LogP contribution in [-0.4, -0.2) is 30.3 Å². The van der Waals surface area contributed by atoms with E-state index in [9.17, 15) is 9.59 Å². The van der Waals surface area contributed by atoms with Crippen molar-refractivity contribution < 1.29 is 9.59 Å². The van der Waals surface area contributed by atoms with Crippen LogP contribution in [-0.2, 0) is 16.1 Å². The highest BCUT2D eigenvalue weighted by Gasteiger charge is 2.37. The van der Waals surface area contributed by atoms with E-state index in [1.807, 2.05) is 24.3 Å². The van der Waals surface area contributed by atoms with Gasteiger partial charge in [0.2, 0.25) is 11.8 Å². The summed E-state index contributed by atoms with van der Waals surface area (Å²) in [5.41, 5.74) is 1.65. The summed E-state index contributed by atoms with van der Waals surface area (Å²) >= 11 is 12.1. The molecule has 3 rings (SSSR count). The van der Waals surface area contributed by atoms with Crippen molar-refractivity contribution in [2.75, 3.05) is 18.5 Å². The van der Waals surface area contributed by atoms with E-state index < -0.39 is 0 Å². The van der Waals surface area contributed by atoms with E-state index in [0.717, 1.165) is 5.56 Å². The highest BCUT2D eigenvalue weighted by molar-refractivity contribution is 6.34. The first-order chi connectivity index (χ1) is 12.0. The Morgan fingerprint density at radius 2 is 1.84 bits per heavy atom. The SMILES string of the molecule is CN(Cc1ccc(Cl)cc1)C(=O)C1CC(=O)N(c2ccccc2Cl)C1. The minimum Gasteiger partial charge on any atom is -0.341 e. The molecule has 6 heteroatoms. The van der Waals surface area contributed by atoms with E-state index in [0.29, 0.717) is 28.8 Å². The third-order valence-corrected chi connectivity index (χ3v) is 4.90. The smallest absolute Gasteiger partial charge is 0.228 e. The van der Waals surface area contributed by atoms with Gasteiger partial charge in [-0.3, -0.25) is 9.59 Å². The molecule has 0 spiro atoms. The molecular weight excluding hydrogens is 359 g/mol. The summed E-state index contributed by atoms with van der Waals surface area (Å²) in [7, 11) is 1.75. The number of nitrogens with zero attached hydrogens (tertiary/aromatic N) is 2. The quantitative estimate of drug-likeness (QED) is 0.808. The van der Waals surface area contributed by atoms with E-state index in [-0.39, 0.29) is 24.2 Å². The van der Waals surface area contributed by atoms with E-state index in [1.165, 1.54) is 0 Å². The lowest BCUT2D eigenvalue weighted by Gasteiger charge is -2.22. The predicted octanol–water partition coefficient (Wildman–Crippen LogP) is 4.00. The number of amides is 2. The highest BCUT2D eigenvalue weighted by Crippen LogP contribution is 2.31. The first-order valence-electron chi connectivity index (χ1n) is 8.00. The maximum absolute atomic E-state index is 12.7. The van der Waals surface area contributed by atoms with Crippen LogP contribution in [0, 0.1) is 5.92 Å². The molecule has 25 heavy (non-hydrogen) atoms. The molecule has 0 radical (unpaired) electrons. The molecule has 4 nitrogen and oxygen atoms in total. The second kappa shape index (κ2) is 7.46. The molecule has 0 saturated carbocycles. The van der Waals surface area contributed by atoms with Crippen molar-refractivity contribution in [3.63, 3.8) is 0 Å². The van der Waals surface area contributed by atoms with Gasteiger partial charge in [-0.25, -0.2) is 0 Å². The first kappa shape index (κ1) is 17.8. The van der Waals surface area contributed by atoms with E-state index in [4.69, 9.17) is 23.2 Å². The maximum atomic E-state index is 12.7. The fraction of sp³-hybridized carbons (Fsp3) is 0.263. The fourth-order valence-electron chi connectivity index (χ4n) is 3.03. The van der Waals surface area contributed by atoms with Gasteiger partial charge in [0.1, 0.15) is 0 Å². The number of hydrogen-bond acceptors (Lipinski definition) is 2. The molecule has 2 aromatic rings. The summed E-state index contributed by atoms with van der Waals surface area (Å²) in [6.45, 7) is 0.832. The lowest BCUT2D eigenvalue weighted by atomic mass is 10.1. The number of rotatable bonds is 4. The van der Waals surface area contributed by atoms with Crippen LogP contribution >= 0.6 is 23.2 Å². The third kappa shape index (κ3) is 3.97. The number of benzene rings is 2. The molecule has 0 aromatic heterocycles. The average molecular weight is 377 g/mol. The summed E-state index contributed by atoms with van der Waals surface area (Å²) in [6.07, 6.45) is 0.203. The molecule has 0 N–H and O–H groups in total. The minimum absolute atomic E-state index is 0.0437. The van der Waals surface area contributed by atoms with Crippen molar-refractivity contribution in [1.82, 2.24) is 4.90 Å². The average Bonchev–Trinajstić information content (AvgIpc) is 2.98. The number of carbonyl (C=O) groups excluding carboxylic acids is 2. The van der Waals surface area contributed by atoms with Gasteiger partial charge >= 0.3 is 0 Å². The molecule has 2 amide bonds. The molecule has 1 aliphatic rings. The molecule has 1 aliphatic heterocycles. The van der Waals surface area contributed by atoms with Gasteiger partial charge in [0.15, 0.2) is 0 Å². The van der Waals surface area contributed by atoms with Gasteiger partial charge in [-0.05, 0) is 29.8 Å². The minimum atomic E-state index is -0.360. The Kier molecular flexibility index (Phi) is 5.30. The molecule has 1 fully saturated rings. The Labute approximate surface area is 156 Å². The van der Waals surface area contributed by atoms with Crippen LogP contribution in [0.25, 0.3) is 0 Å². The van der Waals surface area contributed by atoms with Crippen LogP contribution in [0.15, 0.2) is 48.5 Å². The molecule has 1 heterocycles. The molecule has 1 saturated heterocycles. The molecule has 1 atom stereocenters. The Balaban J connectivity index is 1.68. The maximum Gasteiger partial charge on any atom is 0.228 e. The predicted molar refractivity (Wildman–Crippen MR) is 99.8 cm³/mol. The number of hydrogen-bond donors (Lipinski definition) is 0. The monoisotopic (exact) mass is 376 g/mol. The Hall–Kier alpha value is -2.04. The van der Waals surface area contributed by atoms with E-state index >= 15 is 0 Å². The Morgan fingerprint density at radius 3 is 2.52 bits per heavy atom. The Bertz CT molecular complexity index is 792. The zero-order chi connectivity index (χ0) is 18.0. The summed E-state index contributed by atoms with van der Waals surface area (Å²) < 4.78 is 0. The van der Waals surface area contributed by atoms with Crippen LogP contribution in [0.3, 0.4) is 0 Å². The van der Waals surface area contributed by atoms with Crippen LogP contribution in [0.5, 0.6) is 0 Å². The number of para-hydroxylation sites is 1. The van der Waals surface area contributed by atoms with Gasteiger partial charge in [-0.15, -0.1) is 0 Å². The van der Waals surface area contributed by atoms with Crippen molar-refractivity contribution in [2.24, 2.45) is 5.92 Å². The topological polar surface area (TPSA) is 40.6 Å². The second-order valence-electron chi connectivity index (χ2n) is 6.18. The van der Waals surface area contributed by atoms with Gasteiger partial charge in [-0.2, -0.15) is 0 Å². The van der Waals surface area contributed by atoms with Crippen molar-refractivity contribution in [3.05, 3.63) is 64.1 Å².